The van der Waals surface area contributed by atoms with Crippen molar-refractivity contribution >= 4 is 36.6 Å². The van der Waals surface area contributed by atoms with Gasteiger partial charge in [-0.3, -0.25) is 14.2 Å². The lowest BCUT2D eigenvalue weighted by atomic mass is 10.0. The van der Waals surface area contributed by atoms with Crippen LogP contribution in [0.3, 0.4) is 0 Å². The number of hydrogen-bond donors (Lipinski definition) is 3. The highest BCUT2D eigenvalue weighted by Gasteiger charge is 2.33. The number of benzene rings is 2. The number of nitrogens with one attached hydrogen (secondary N) is 1. The maximum atomic E-state index is 14.0. The molecule has 15 heteroatoms. The van der Waals surface area contributed by atoms with Gasteiger partial charge in [0, 0.05) is 58.0 Å². The van der Waals surface area contributed by atoms with Crippen LogP contribution in [0.4, 0.5) is 10.6 Å². The first-order valence-corrected chi connectivity index (χ1v) is 16.6. The molecule has 3 N–H and O–H groups in total. The smallest absolute Gasteiger partial charge is 0.409 e. The first-order valence-electron chi connectivity index (χ1n) is 15.0. The molecule has 2 fully saturated rings. The van der Waals surface area contributed by atoms with E-state index in [-0.39, 0.29) is 55.5 Å². The summed E-state index contributed by atoms with van der Waals surface area (Å²) in [6.07, 6.45) is 0.330. The van der Waals surface area contributed by atoms with E-state index in [9.17, 15) is 28.7 Å². The van der Waals surface area contributed by atoms with Crippen molar-refractivity contribution < 1.29 is 38.2 Å². The van der Waals surface area contributed by atoms with Gasteiger partial charge in [0.2, 0.25) is 5.91 Å². The number of anilines is 1. The van der Waals surface area contributed by atoms with Gasteiger partial charge in [0.05, 0.1) is 18.0 Å². The first-order chi connectivity index (χ1) is 22.1. The summed E-state index contributed by atoms with van der Waals surface area (Å²) in [6, 6.07) is 14.9. The summed E-state index contributed by atoms with van der Waals surface area (Å²) in [7, 11) is -3.01. The van der Waals surface area contributed by atoms with Crippen LogP contribution in [0.1, 0.15) is 35.4 Å². The second-order valence-electron chi connectivity index (χ2n) is 11.0. The molecule has 14 nitrogen and oxygen atoms in total. The van der Waals surface area contributed by atoms with E-state index in [1.165, 1.54) is 34.1 Å². The Hall–Kier alpha value is -4.36. The minimum absolute atomic E-state index is 0.0139. The number of aromatic nitrogens is 2. The molecule has 3 amide bonds. The Balaban J connectivity index is 1.47. The number of amides is 3. The highest BCUT2D eigenvalue weighted by atomic mass is 31.2. The summed E-state index contributed by atoms with van der Waals surface area (Å²) in [5, 5.41) is 2.48. The van der Waals surface area contributed by atoms with Gasteiger partial charge in [0.25, 0.3) is 5.91 Å². The quantitative estimate of drug-likeness (QED) is 0.288. The highest BCUT2D eigenvalue weighted by Crippen LogP contribution is 2.34. The molecule has 0 aliphatic carbocycles. The Morgan fingerprint density at radius 3 is 2.35 bits per heavy atom. The van der Waals surface area contributed by atoms with Crippen LogP contribution in [0.5, 0.6) is 0 Å². The Labute approximate surface area is 266 Å². The largest absolute Gasteiger partial charge is 0.450 e. The third kappa shape index (κ3) is 7.71. The lowest BCUT2D eigenvalue weighted by molar-refractivity contribution is -0.135. The molecule has 5 rings (SSSR count). The van der Waals surface area contributed by atoms with Crippen LogP contribution in [-0.2, 0) is 18.8 Å². The number of rotatable bonds is 9. The van der Waals surface area contributed by atoms with E-state index in [1.807, 2.05) is 35.2 Å². The van der Waals surface area contributed by atoms with Gasteiger partial charge in [-0.2, -0.15) is 0 Å². The monoisotopic (exact) mass is 652 g/mol. The maximum absolute atomic E-state index is 14.0. The fourth-order valence-corrected chi connectivity index (χ4v) is 6.04. The summed E-state index contributed by atoms with van der Waals surface area (Å²) in [4.78, 5) is 74.1. The Morgan fingerprint density at radius 2 is 1.70 bits per heavy atom. The van der Waals surface area contributed by atoms with Crippen LogP contribution < -0.4 is 15.5 Å². The number of nitrogens with zero attached hydrogens (tertiary/aromatic N) is 5. The molecule has 0 spiro atoms. The fraction of sp³-hybridized carbons (Fsp3) is 0.387. The van der Waals surface area contributed by atoms with Gasteiger partial charge >= 0.3 is 13.7 Å². The van der Waals surface area contributed by atoms with Crippen molar-refractivity contribution in [1.82, 2.24) is 25.1 Å². The molecule has 3 heterocycles. The van der Waals surface area contributed by atoms with Crippen LogP contribution >= 0.6 is 7.60 Å². The molecule has 46 heavy (non-hydrogen) atoms. The summed E-state index contributed by atoms with van der Waals surface area (Å²) < 4.78 is 22.7. The van der Waals surface area contributed by atoms with E-state index in [0.717, 1.165) is 6.42 Å². The summed E-state index contributed by atoms with van der Waals surface area (Å²) >= 11 is 0. The molecule has 2 aliphatic heterocycles. The van der Waals surface area contributed by atoms with Crippen molar-refractivity contribution in [2.45, 2.75) is 25.5 Å². The fourth-order valence-electron chi connectivity index (χ4n) is 5.44. The number of carbonyl (C=O) groups excluding carboxylic acids is 3. The molecule has 2 aliphatic rings. The summed E-state index contributed by atoms with van der Waals surface area (Å²) in [5.41, 5.74) is 0.898. The summed E-state index contributed by atoms with van der Waals surface area (Å²) in [5.74, 6) is -0.321. The lowest BCUT2D eigenvalue weighted by Gasteiger charge is -2.36. The maximum Gasteiger partial charge on any atom is 0.409 e. The zero-order valence-electron chi connectivity index (χ0n) is 25.6. The first kappa shape index (κ1) is 33.0. The third-order valence-corrected chi connectivity index (χ3v) is 8.91. The molecule has 2 saturated heterocycles. The van der Waals surface area contributed by atoms with Crippen LogP contribution in [0, 0.1) is 0 Å². The molecule has 0 bridgehead atoms. The molecule has 2 aromatic carbocycles. The number of carbonyl (C=O) groups is 3. The van der Waals surface area contributed by atoms with Crippen molar-refractivity contribution in [2.24, 2.45) is 0 Å². The second-order valence-corrected chi connectivity index (χ2v) is 12.6. The van der Waals surface area contributed by atoms with E-state index >= 15 is 0 Å². The molecular weight excluding hydrogens is 615 g/mol. The lowest BCUT2D eigenvalue weighted by Crippen LogP contribution is -2.53. The van der Waals surface area contributed by atoms with Gasteiger partial charge in [-0.15, -0.1) is 0 Å². The van der Waals surface area contributed by atoms with Crippen molar-refractivity contribution in [2.75, 3.05) is 57.9 Å². The Bertz CT molecular complexity index is 1610. The number of ether oxygens (including phenoxy) is 2. The van der Waals surface area contributed by atoms with Crippen molar-refractivity contribution in [3.8, 4) is 11.4 Å². The predicted molar refractivity (Wildman–Crippen MR) is 169 cm³/mol. The minimum atomic E-state index is -4.66. The van der Waals surface area contributed by atoms with Crippen molar-refractivity contribution in [3.63, 3.8) is 0 Å². The van der Waals surface area contributed by atoms with Crippen LogP contribution in [0.2, 0.25) is 0 Å². The average molecular weight is 653 g/mol. The normalized spacial score (nSPS) is 17.5. The Kier molecular flexibility index (Phi) is 10.3. The van der Waals surface area contributed by atoms with E-state index in [1.54, 1.807) is 20.1 Å². The van der Waals surface area contributed by atoms with Crippen LogP contribution in [0.15, 0.2) is 60.7 Å². The van der Waals surface area contributed by atoms with E-state index in [4.69, 9.17) is 14.5 Å². The topological polar surface area (TPSA) is 175 Å². The molecule has 0 radical (unpaired) electrons. The molecule has 2 atom stereocenters. The van der Waals surface area contributed by atoms with Gasteiger partial charge < -0.3 is 39.3 Å². The molecule has 2 unspecified atom stereocenters. The molecule has 1 aromatic heterocycles. The molecule has 0 saturated carbocycles. The zero-order valence-corrected chi connectivity index (χ0v) is 26.5. The van der Waals surface area contributed by atoms with Gasteiger partial charge in [0.15, 0.2) is 5.82 Å². The van der Waals surface area contributed by atoms with Crippen molar-refractivity contribution in [3.05, 3.63) is 71.9 Å². The number of hydrogen-bond acceptors (Lipinski definition) is 9. The van der Waals surface area contributed by atoms with E-state index in [2.05, 4.69) is 10.3 Å². The van der Waals surface area contributed by atoms with E-state index in [0.29, 0.717) is 30.3 Å². The SMILES string of the molecule is CCOC(=O)N1CCN(C(=O)C(NC(=O)c2cc(N3CCC(OC)C3)nc(-c3ccccc3)n2)c2cccc(P(=O)(O)O)c2)CC1. The second kappa shape index (κ2) is 14.4. The minimum Gasteiger partial charge on any atom is -0.450 e. The van der Waals surface area contributed by atoms with Crippen LogP contribution in [0.25, 0.3) is 11.4 Å². The van der Waals surface area contributed by atoms with Gasteiger partial charge in [-0.05, 0) is 31.0 Å². The molecule has 244 valence electrons. The van der Waals surface area contributed by atoms with Gasteiger partial charge in [-0.1, -0.05) is 42.5 Å². The molecular formula is C31H37N6O8P. The van der Waals surface area contributed by atoms with Gasteiger partial charge in [-0.25, -0.2) is 14.8 Å². The Morgan fingerprint density at radius 1 is 0.978 bits per heavy atom. The molecule has 3 aromatic rings. The number of methoxy groups -OCH3 is 1. The van der Waals surface area contributed by atoms with Crippen molar-refractivity contribution in [1.29, 1.82) is 0 Å². The third-order valence-electron chi connectivity index (χ3n) is 7.96. The zero-order chi connectivity index (χ0) is 32.8. The average Bonchev–Trinajstić information content (AvgIpc) is 3.56. The van der Waals surface area contributed by atoms with E-state index < -0.39 is 31.5 Å². The predicted octanol–water partition coefficient (Wildman–Crippen LogP) is 1.94. The van der Waals surface area contributed by atoms with Gasteiger partial charge in [0.1, 0.15) is 17.6 Å². The number of piperazine rings is 1. The van der Waals surface area contributed by atoms with Crippen LogP contribution in [-0.4, -0.2) is 107 Å². The standard InChI is InChI=1S/C31H37N6O8P/c1-3-45-31(40)36-16-14-35(15-17-36)30(39)27(22-10-7-11-24(18-22)46(41,42)43)34-29(38)25-19-26(37-13-12-23(20-37)44-2)33-28(32-25)21-8-5-4-6-9-21/h4-11,18-19,23,27H,3,12-17,20H2,1-2H3,(H,34,38)(H2,41,42,43). The highest BCUT2D eigenvalue weighted by molar-refractivity contribution is 7.60. The summed E-state index contributed by atoms with van der Waals surface area (Å²) in [6.45, 7) is 3.98.